The van der Waals surface area contributed by atoms with E-state index in [2.05, 4.69) is 10.6 Å². The number of hydrogen-bond donors (Lipinski definition) is 2. The van der Waals surface area contributed by atoms with Crippen LogP contribution >= 0.6 is 0 Å². The van der Waals surface area contributed by atoms with Crippen molar-refractivity contribution in [2.24, 2.45) is 0 Å². The van der Waals surface area contributed by atoms with E-state index < -0.39 is 10.0 Å². The van der Waals surface area contributed by atoms with Crippen molar-refractivity contribution >= 4 is 33.2 Å². The van der Waals surface area contributed by atoms with Crippen molar-refractivity contribution in [2.75, 3.05) is 23.7 Å². The molecule has 1 aliphatic heterocycles. The molecule has 0 atom stereocenters. The van der Waals surface area contributed by atoms with Gasteiger partial charge in [0.05, 0.1) is 4.90 Å². The van der Waals surface area contributed by atoms with Crippen molar-refractivity contribution in [1.29, 1.82) is 0 Å². The number of carbonyl (C=O) groups is 2. The smallest absolute Gasteiger partial charge is 0.255 e. The van der Waals surface area contributed by atoms with Gasteiger partial charge >= 0.3 is 0 Å². The van der Waals surface area contributed by atoms with Gasteiger partial charge in [-0.15, -0.1) is 0 Å². The lowest BCUT2D eigenvalue weighted by Crippen LogP contribution is -2.27. The lowest BCUT2D eigenvalue weighted by atomic mass is 10.1. The lowest BCUT2D eigenvalue weighted by molar-refractivity contribution is 0.102. The van der Waals surface area contributed by atoms with Gasteiger partial charge in [0, 0.05) is 35.6 Å². The molecular weight excluding hydrogens is 426 g/mol. The number of sulfonamides is 1. The topological polar surface area (TPSA) is 95.6 Å². The minimum Gasteiger partial charge on any atom is -0.322 e. The van der Waals surface area contributed by atoms with Crippen molar-refractivity contribution in [3.8, 4) is 0 Å². The third kappa shape index (κ3) is 4.87. The number of anilines is 2. The Hall–Kier alpha value is -3.49. The zero-order valence-electron chi connectivity index (χ0n) is 17.3. The van der Waals surface area contributed by atoms with E-state index in [-0.39, 0.29) is 16.7 Å². The monoisotopic (exact) mass is 449 g/mol. The third-order valence-electron chi connectivity index (χ3n) is 5.26. The number of amides is 2. The second-order valence-electron chi connectivity index (χ2n) is 7.49. The number of nitrogens with zero attached hydrogens (tertiary/aromatic N) is 1. The van der Waals surface area contributed by atoms with E-state index >= 15 is 0 Å². The lowest BCUT2D eigenvalue weighted by Gasteiger charge is -2.15. The van der Waals surface area contributed by atoms with Crippen LogP contribution in [0.5, 0.6) is 0 Å². The summed E-state index contributed by atoms with van der Waals surface area (Å²) in [6.07, 6.45) is 1.75. The molecule has 8 heteroatoms. The molecule has 2 amide bonds. The fourth-order valence-electron chi connectivity index (χ4n) is 3.49. The van der Waals surface area contributed by atoms with E-state index in [4.69, 9.17) is 0 Å². The summed E-state index contributed by atoms with van der Waals surface area (Å²) in [4.78, 5) is 25.0. The highest BCUT2D eigenvalue weighted by Gasteiger charge is 2.26. The number of carbonyl (C=O) groups excluding carboxylic acids is 2. The molecule has 7 nitrogen and oxygen atoms in total. The zero-order valence-corrected chi connectivity index (χ0v) is 18.1. The number of hydrogen-bond acceptors (Lipinski definition) is 4. The van der Waals surface area contributed by atoms with Gasteiger partial charge in [-0.1, -0.05) is 18.2 Å². The molecule has 0 saturated carbocycles. The van der Waals surface area contributed by atoms with E-state index in [1.807, 2.05) is 6.07 Å². The molecule has 0 radical (unpaired) electrons. The molecule has 4 rings (SSSR count). The number of benzene rings is 3. The van der Waals surface area contributed by atoms with E-state index in [9.17, 15) is 18.0 Å². The highest BCUT2D eigenvalue weighted by atomic mass is 32.2. The minimum atomic E-state index is -3.48. The van der Waals surface area contributed by atoms with Crippen LogP contribution in [0.4, 0.5) is 11.4 Å². The van der Waals surface area contributed by atoms with Crippen molar-refractivity contribution in [3.63, 3.8) is 0 Å². The maximum atomic E-state index is 12.6. The normalized spacial score (nSPS) is 14.1. The highest BCUT2D eigenvalue weighted by Crippen LogP contribution is 2.22. The number of rotatable bonds is 6. The predicted octanol–water partition coefficient (Wildman–Crippen LogP) is 3.98. The summed E-state index contributed by atoms with van der Waals surface area (Å²) in [7, 11) is -3.48. The highest BCUT2D eigenvalue weighted by molar-refractivity contribution is 7.89. The second kappa shape index (κ2) is 9.33. The van der Waals surface area contributed by atoms with Crippen LogP contribution in [0.2, 0.25) is 0 Å². The molecule has 1 fully saturated rings. The van der Waals surface area contributed by atoms with Crippen LogP contribution in [0, 0.1) is 0 Å². The van der Waals surface area contributed by atoms with Gasteiger partial charge in [0.2, 0.25) is 10.0 Å². The maximum Gasteiger partial charge on any atom is 0.255 e. The van der Waals surface area contributed by atoms with Gasteiger partial charge in [-0.05, 0) is 73.5 Å². The van der Waals surface area contributed by atoms with E-state index in [1.54, 1.807) is 60.7 Å². The average Bonchev–Trinajstić information content (AvgIpc) is 3.36. The Labute approximate surface area is 187 Å². The predicted molar refractivity (Wildman–Crippen MR) is 123 cm³/mol. The molecule has 0 aromatic heterocycles. The third-order valence-corrected chi connectivity index (χ3v) is 7.17. The van der Waals surface area contributed by atoms with Gasteiger partial charge in [-0.25, -0.2) is 8.42 Å². The van der Waals surface area contributed by atoms with Gasteiger partial charge in [-0.2, -0.15) is 4.31 Å². The molecule has 3 aromatic carbocycles. The largest absolute Gasteiger partial charge is 0.322 e. The van der Waals surface area contributed by atoms with Gasteiger partial charge in [0.25, 0.3) is 11.8 Å². The Morgan fingerprint density at radius 2 is 1.12 bits per heavy atom. The molecular formula is C24H23N3O4S. The quantitative estimate of drug-likeness (QED) is 0.595. The van der Waals surface area contributed by atoms with E-state index in [1.165, 1.54) is 16.4 Å². The van der Waals surface area contributed by atoms with Crippen LogP contribution in [0.1, 0.15) is 33.6 Å². The van der Waals surface area contributed by atoms with Gasteiger partial charge in [-0.3, -0.25) is 9.59 Å². The fourth-order valence-corrected chi connectivity index (χ4v) is 5.01. The van der Waals surface area contributed by atoms with Gasteiger partial charge in [0.1, 0.15) is 0 Å². The molecule has 32 heavy (non-hydrogen) atoms. The Bertz CT molecular complexity index is 1200. The zero-order chi connectivity index (χ0) is 22.6. The average molecular weight is 450 g/mol. The standard InChI is InChI=1S/C24H23N3O4S/c28-23(18-6-2-1-3-7-18)25-20-10-8-19(9-11-20)24(29)26-21-12-14-22(15-13-21)32(30,31)27-16-4-5-17-27/h1-3,6-15H,4-5,16-17H2,(H,25,28)(H,26,29). The molecule has 0 spiro atoms. The molecule has 0 bridgehead atoms. The van der Waals surface area contributed by atoms with Crippen LogP contribution in [0.3, 0.4) is 0 Å². The Balaban J connectivity index is 1.38. The van der Waals surface area contributed by atoms with Crippen LogP contribution in [-0.4, -0.2) is 37.6 Å². The summed E-state index contributed by atoms with van der Waals surface area (Å²) in [5.41, 5.74) is 2.03. The molecule has 1 heterocycles. The van der Waals surface area contributed by atoms with Crippen molar-refractivity contribution < 1.29 is 18.0 Å². The van der Waals surface area contributed by atoms with E-state index in [0.29, 0.717) is 35.6 Å². The SMILES string of the molecule is O=C(Nc1ccc(C(=O)Nc2ccc(S(=O)(=O)N3CCCC3)cc2)cc1)c1ccccc1. The van der Waals surface area contributed by atoms with Gasteiger partial charge in [0.15, 0.2) is 0 Å². The first-order valence-electron chi connectivity index (χ1n) is 10.3. The molecule has 1 aliphatic rings. The summed E-state index contributed by atoms with van der Waals surface area (Å²) in [6.45, 7) is 1.09. The molecule has 2 N–H and O–H groups in total. The van der Waals surface area contributed by atoms with Crippen LogP contribution in [-0.2, 0) is 10.0 Å². The van der Waals surface area contributed by atoms with Crippen molar-refractivity contribution in [1.82, 2.24) is 4.31 Å². The summed E-state index contributed by atoms with van der Waals surface area (Å²) < 4.78 is 26.7. The van der Waals surface area contributed by atoms with Crippen molar-refractivity contribution in [3.05, 3.63) is 90.0 Å². The Morgan fingerprint density at radius 1 is 0.656 bits per heavy atom. The summed E-state index contributed by atoms with van der Waals surface area (Å²) in [5.74, 6) is -0.562. The Kier molecular flexibility index (Phi) is 6.34. The molecule has 3 aromatic rings. The summed E-state index contributed by atoms with van der Waals surface area (Å²) >= 11 is 0. The van der Waals surface area contributed by atoms with Crippen LogP contribution < -0.4 is 10.6 Å². The molecule has 164 valence electrons. The fraction of sp³-hybridized carbons (Fsp3) is 0.167. The van der Waals surface area contributed by atoms with E-state index in [0.717, 1.165) is 12.8 Å². The van der Waals surface area contributed by atoms with Crippen LogP contribution in [0.25, 0.3) is 0 Å². The maximum absolute atomic E-state index is 12.6. The first kappa shape index (κ1) is 21.7. The molecule has 0 unspecified atom stereocenters. The molecule has 0 aliphatic carbocycles. The first-order valence-corrected chi connectivity index (χ1v) is 11.8. The van der Waals surface area contributed by atoms with Gasteiger partial charge < -0.3 is 10.6 Å². The van der Waals surface area contributed by atoms with Crippen molar-refractivity contribution in [2.45, 2.75) is 17.7 Å². The Morgan fingerprint density at radius 3 is 1.66 bits per heavy atom. The molecule has 1 saturated heterocycles. The minimum absolute atomic E-state index is 0.218. The second-order valence-corrected chi connectivity index (χ2v) is 9.43. The summed E-state index contributed by atoms with van der Waals surface area (Å²) in [5, 5.41) is 5.54. The number of nitrogens with one attached hydrogen (secondary N) is 2. The van der Waals surface area contributed by atoms with Crippen LogP contribution in [0.15, 0.2) is 83.8 Å². The summed E-state index contributed by atoms with van der Waals surface area (Å²) in [6, 6.07) is 21.6. The first-order chi connectivity index (χ1) is 15.4.